The molecule has 1 aliphatic heterocycles. The van der Waals surface area contributed by atoms with Crippen LogP contribution in [0, 0.1) is 0 Å². The van der Waals surface area contributed by atoms with Gasteiger partial charge in [-0.15, -0.1) is 0 Å². The number of nitrogens with one attached hydrogen (secondary N) is 3. The second-order valence-electron chi connectivity index (χ2n) is 8.71. The summed E-state index contributed by atoms with van der Waals surface area (Å²) in [5.41, 5.74) is 0.792. The molecule has 0 bridgehead atoms. The third kappa shape index (κ3) is 4.49. The molecular formula is C24H29N6O3+. The van der Waals surface area contributed by atoms with Crippen molar-refractivity contribution >= 4 is 17.1 Å². The number of aromatic amines is 1. The van der Waals surface area contributed by atoms with Crippen LogP contribution in [0.3, 0.4) is 0 Å². The number of fused-ring (bicyclic) bond motifs is 1. The summed E-state index contributed by atoms with van der Waals surface area (Å²) in [6.07, 6.45) is 3.89. The Morgan fingerprint density at radius 1 is 1.06 bits per heavy atom. The average molecular weight is 450 g/mol. The summed E-state index contributed by atoms with van der Waals surface area (Å²) < 4.78 is 9.23. The zero-order chi connectivity index (χ0) is 22.8. The molecule has 5 rings (SSSR count). The lowest BCUT2D eigenvalue weighted by Crippen LogP contribution is -3.11. The van der Waals surface area contributed by atoms with Gasteiger partial charge in [0.15, 0.2) is 16.9 Å². The van der Waals surface area contributed by atoms with Crippen LogP contribution in [0.1, 0.15) is 36.3 Å². The Hall–Kier alpha value is -3.59. The predicted molar refractivity (Wildman–Crippen MR) is 125 cm³/mol. The molecule has 1 fully saturated rings. The van der Waals surface area contributed by atoms with Crippen LogP contribution >= 0.6 is 0 Å². The van der Waals surface area contributed by atoms with Gasteiger partial charge >= 0.3 is 5.69 Å². The number of benzene rings is 1. The quantitative estimate of drug-likeness (QED) is 0.394. The molecule has 0 aliphatic carbocycles. The van der Waals surface area contributed by atoms with Gasteiger partial charge in [-0.3, -0.25) is 18.9 Å². The zero-order valence-corrected chi connectivity index (χ0v) is 18.8. The minimum absolute atomic E-state index is 0.344. The smallest absolute Gasteiger partial charge is 0.329 e. The highest BCUT2D eigenvalue weighted by Gasteiger charge is 2.19. The monoisotopic (exact) mass is 449 g/mol. The molecule has 3 aromatic heterocycles. The van der Waals surface area contributed by atoms with E-state index in [1.54, 1.807) is 11.9 Å². The maximum atomic E-state index is 12.7. The van der Waals surface area contributed by atoms with E-state index in [1.165, 1.54) is 36.9 Å². The van der Waals surface area contributed by atoms with Crippen LogP contribution in [-0.4, -0.2) is 32.2 Å². The highest BCUT2D eigenvalue weighted by atomic mass is 16.3. The molecule has 172 valence electrons. The summed E-state index contributed by atoms with van der Waals surface area (Å²) in [4.78, 5) is 33.3. The van der Waals surface area contributed by atoms with Gasteiger partial charge < -0.3 is 14.6 Å². The molecule has 0 saturated carbocycles. The fourth-order valence-electron chi connectivity index (χ4n) is 4.54. The van der Waals surface area contributed by atoms with Gasteiger partial charge in [-0.05, 0) is 37.0 Å². The molecule has 1 saturated heterocycles. The van der Waals surface area contributed by atoms with Crippen molar-refractivity contribution < 1.29 is 9.32 Å². The van der Waals surface area contributed by atoms with Crippen LogP contribution in [0.25, 0.3) is 11.2 Å². The summed E-state index contributed by atoms with van der Waals surface area (Å²) in [6.45, 7) is 4.18. The molecule has 9 nitrogen and oxygen atoms in total. The van der Waals surface area contributed by atoms with Crippen molar-refractivity contribution in [3.63, 3.8) is 0 Å². The lowest BCUT2D eigenvalue weighted by Gasteiger charge is -2.22. The number of hydrogen-bond acceptors (Lipinski definition) is 5. The second-order valence-corrected chi connectivity index (χ2v) is 8.71. The first-order chi connectivity index (χ1) is 16.1. The van der Waals surface area contributed by atoms with Gasteiger partial charge in [0.25, 0.3) is 5.56 Å². The molecule has 0 spiro atoms. The fraction of sp³-hybridized carbons (Fsp3) is 0.375. The van der Waals surface area contributed by atoms with Crippen molar-refractivity contribution in [3.05, 3.63) is 80.4 Å². The van der Waals surface area contributed by atoms with E-state index in [1.807, 2.05) is 47.0 Å². The Balaban J connectivity index is 1.41. The standard InChI is InChI=1S/C24H28N6O3/c1-28-21-20(22(31)27-24(28)32)30(15-17-8-4-2-5-9-17)23(26-21)25-14-18-10-11-19(33-18)16-29-12-6-3-7-13-29/h2,4-5,8-11H,3,6-7,12-16H2,1H3,(H,25,26)(H,27,31,32)/p+1. The van der Waals surface area contributed by atoms with E-state index in [-0.39, 0.29) is 0 Å². The van der Waals surface area contributed by atoms with Crippen LogP contribution in [-0.2, 0) is 26.7 Å². The molecule has 3 N–H and O–H groups in total. The van der Waals surface area contributed by atoms with E-state index in [0.717, 1.165) is 23.6 Å². The molecule has 0 amide bonds. The number of imidazole rings is 1. The number of aromatic nitrogens is 4. The highest BCUT2D eigenvalue weighted by molar-refractivity contribution is 5.74. The third-order valence-corrected chi connectivity index (χ3v) is 6.31. The SMILES string of the molecule is Cn1c(=O)[nH]c(=O)c2c1nc(NCc1ccc(C[NH+]3CCCCC3)o1)n2Cc1ccccc1. The number of piperidine rings is 1. The Labute approximate surface area is 190 Å². The van der Waals surface area contributed by atoms with Gasteiger partial charge in [0.05, 0.1) is 26.2 Å². The summed E-state index contributed by atoms with van der Waals surface area (Å²) >= 11 is 0. The van der Waals surface area contributed by atoms with Gasteiger partial charge in [0.2, 0.25) is 5.95 Å². The maximum absolute atomic E-state index is 12.7. The van der Waals surface area contributed by atoms with Gasteiger partial charge in [-0.2, -0.15) is 4.98 Å². The first kappa shape index (κ1) is 21.3. The van der Waals surface area contributed by atoms with Crippen LogP contribution in [0.2, 0.25) is 0 Å². The van der Waals surface area contributed by atoms with Crippen LogP contribution in [0.15, 0.2) is 56.5 Å². The molecule has 0 unspecified atom stereocenters. The number of rotatable bonds is 7. The number of furan rings is 1. The van der Waals surface area contributed by atoms with E-state index < -0.39 is 11.2 Å². The number of likely N-dealkylation sites (tertiary alicyclic amines) is 1. The largest absolute Gasteiger partial charge is 0.458 e. The fourth-order valence-corrected chi connectivity index (χ4v) is 4.54. The molecule has 4 heterocycles. The Morgan fingerprint density at radius 2 is 1.82 bits per heavy atom. The molecule has 1 aliphatic rings. The summed E-state index contributed by atoms with van der Waals surface area (Å²) in [5.74, 6) is 2.31. The number of nitrogens with zero attached hydrogens (tertiary/aromatic N) is 3. The minimum Gasteiger partial charge on any atom is -0.458 e. The Bertz CT molecular complexity index is 1360. The van der Waals surface area contributed by atoms with E-state index in [2.05, 4.69) is 15.3 Å². The number of H-pyrrole nitrogens is 1. The topological polar surface area (TPSA) is 102 Å². The summed E-state index contributed by atoms with van der Waals surface area (Å²) in [6, 6.07) is 13.9. The van der Waals surface area contributed by atoms with Gasteiger partial charge in [0.1, 0.15) is 12.3 Å². The van der Waals surface area contributed by atoms with Crippen molar-refractivity contribution in [1.29, 1.82) is 0 Å². The van der Waals surface area contributed by atoms with Crippen LogP contribution < -0.4 is 21.5 Å². The van der Waals surface area contributed by atoms with E-state index in [0.29, 0.717) is 30.2 Å². The Kier molecular flexibility index (Phi) is 5.87. The third-order valence-electron chi connectivity index (χ3n) is 6.31. The summed E-state index contributed by atoms with van der Waals surface area (Å²) in [7, 11) is 1.60. The molecule has 0 radical (unpaired) electrons. The van der Waals surface area contributed by atoms with E-state index in [9.17, 15) is 9.59 Å². The van der Waals surface area contributed by atoms with Crippen LogP contribution in [0.4, 0.5) is 5.95 Å². The normalized spacial score (nSPS) is 14.7. The van der Waals surface area contributed by atoms with Gasteiger partial charge in [-0.25, -0.2) is 4.79 Å². The van der Waals surface area contributed by atoms with E-state index >= 15 is 0 Å². The summed E-state index contributed by atoms with van der Waals surface area (Å²) in [5, 5.41) is 3.31. The first-order valence-corrected chi connectivity index (χ1v) is 11.5. The highest BCUT2D eigenvalue weighted by Crippen LogP contribution is 2.19. The average Bonchev–Trinajstić information content (AvgIpc) is 3.42. The van der Waals surface area contributed by atoms with Crippen molar-refractivity contribution in [2.45, 2.75) is 38.9 Å². The molecule has 0 atom stereocenters. The number of quaternary nitrogens is 1. The lowest BCUT2D eigenvalue weighted by atomic mass is 10.1. The second kappa shape index (κ2) is 9.11. The van der Waals surface area contributed by atoms with E-state index in [4.69, 9.17) is 4.42 Å². The van der Waals surface area contributed by atoms with Gasteiger partial charge in [-0.1, -0.05) is 30.3 Å². The molecular weight excluding hydrogens is 420 g/mol. The first-order valence-electron chi connectivity index (χ1n) is 11.5. The minimum atomic E-state index is -0.487. The Morgan fingerprint density at radius 3 is 2.61 bits per heavy atom. The van der Waals surface area contributed by atoms with Crippen molar-refractivity contribution in [3.8, 4) is 0 Å². The molecule has 9 heteroatoms. The maximum Gasteiger partial charge on any atom is 0.329 e. The molecule has 1 aromatic carbocycles. The zero-order valence-electron chi connectivity index (χ0n) is 18.8. The van der Waals surface area contributed by atoms with Crippen molar-refractivity contribution in [2.75, 3.05) is 18.4 Å². The van der Waals surface area contributed by atoms with Crippen molar-refractivity contribution in [2.24, 2.45) is 7.05 Å². The number of aryl methyl sites for hydroxylation is 1. The number of hydrogen-bond donors (Lipinski definition) is 3. The van der Waals surface area contributed by atoms with Crippen molar-refractivity contribution in [1.82, 2.24) is 19.1 Å². The predicted octanol–water partition coefficient (Wildman–Crippen LogP) is 1.25. The molecule has 33 heavy (non-hydrogen) atoms. The number of anilines is 1. The van der Waals surface area contributed by atoms with Gasteiger partial charge in [0, 0.05) is 7.05 Å². The van der Waals surface area contributed by atoms with Crippen LogP contribution in [0.5, 0.6) is 0 Å². The molecule has 4 aromatic rings. The lowest BCUT2D eigenvalue weighted by molar-refractivity contribution is -0.919.